The molecule has 26 heavy (non-hydrogen) atoms. The molecule has 0 radical (unpaired) electrons. The fraction of sp³-hybridized carbons (Fsp3) is 0.105. The molecule has 0 bridgehead atoms. The average molecular weight is 379 g/mol. The fourth-order valence-electron chi connectivity index (χ4n) is 2.57. The van der Waals surface area contributed by atoms with Crippen LogP contribution in [0.25, 0.3) is 0 Å². The molecule has 7 heteroatoms. The van der Waals surface area contributed by atoms with Crippen molar-refractivity contribution >= 4 is 17.2 Å². The van der Waals surface area contributed by atoms with Crippen LogP contribution in [0.4, 0.5) is 17.6 Å². The van der Waals surface area contributed by atoms with Crippen molar-refractivity contribution in [3.63, 3.8) is 0 Å². The lowest BCUT2D eigenvalue weighted by Crippen LogP contribution is -2.30. The highest BCUT2D eigenvalue weighted by atomic mass is 32.1. The molecule has 0 fully saturated rings. The Kier molecular flexibility index (Phi) is 5.08. The highest BCUT2D eigenvalue weighted by Gasteiger charge is 2.35. The van der Waals surface area contributed by atoms with Gasteiger partial charge in [-0.2, -0.15) is 13.2 Å². The second-order valence-electron chi connectivity index (χ2n) is 5.52. The van der Waals surface area contributed by atoms with Crippen LogP contribution in [-0.4, -0.2) is 5.91 Å². The number of nitrogens with one attached hydrogen (secondary N) is 1. The summed E-state index contributed by atoms with van der Waals surface area (Å²) in [7, 11) is 0. The summed E-state index contributed by atoms with van der Waals surface area (Å²) in [5.41, 5.74) is -0.878. The number of halogens is 4. The number of thiophene rings is 1. The van der Waals surface area contributed by atoms with E-state index in [-0.39, 0.29) is 0 Å². The predicted molar refractivity (Wildman–Crippen MR) is 91.5 cm³/mol. The summed E-state index contributed by atoms with van der Waals surface area (Å²) in [6, 6.07) is 12.9. The van der Waals surface area contributed by atoms with E-state index in [4.69, 9.17) is 0 Å². The summed E-state index contributed by atoms with van der Waals surface area (Å²) >= 11 is 1.35. The first-order valence-electron chi connectivity index (χ1n) is 7.62. The second-order valence-corrected chi connectivity index (χ2v) is 6.50. The van der Waals surface area contributed by atoms with Crippen LogP contribution in [0.5, 0.6) is 0 Å². The van der Waals surface area contributed by atoms with Gasteiger partial charge in [-0.3, -0.25) is 4.79 Å². The summed E-state index contributed by atoms with van der Waals surface area (Å²) in [5.74, 6) is -1.28. The summed E-state index contributed by atoms with van der Waals surface area (Å²) < 4.78 is 52.7. The smallest absolute Gasteiger partial charge is 0.340 e. The van der Waals surface area contributed by atoms with Crippen LogP contribution in [0.2, 0.25) is 0 Å². The predicted octanol–water partition coefficient (Wildman–Crippen LogP) is 5.43. The van der Waals surface area contributed by atoms with E-state index in [0.717, 1.165) is 17.0 Å². The standard InChI is InChI=1S/C19H13F4NOS/c20-13-9-7-12(8-10-13)17(16-6-3-11-26-16)24-18(25)14-4-1-2-5-15(14)19(21,22)23/h1-11,17H,(H,24,25)/t17-/m1/s1. The van der Waals surface area contributed by atoms with Gasteiger partial charge >= 0.3 is 6.18 Å². The van der Waals surface area contributed by atoms with Crippen molar-refractivity contribution < 1.29 is 22.4 Å². The largest absolute Gasteiger partial charge is 0.417 e. The number of carbonyl (C=O) groups is 1. The van der Waals surface area contributed by atoms with Crippen molar-refractivity contribution in [2.75, 3.05) is 0 Å². The van der Waals surface area contributed by atoms with Gasteiger partial charge in [0.15, 0.2) is 0 Å². The van der Waals surface area contributed by atoms with Crippen molar-refractivity contribution in [3.8, 4) is 0 Å². The zero-order chi connectivity index (χ0) is 18.7. The Labute approximate surface area is 151 Å². The lowest BCUT2D eigenvalue weighted by molar-refractivity contribution is -0.137. The lowest BCUT2D eigenvalue weighted by Gasteiger charge is -2.20. The van der Waals surface area contributed by atoms with Gasteiger partial charge < -0.3 is 5.32 Å². The minimum Gasteiger partial charge on any atom is -0.340 e. The van der Waals surface area contributed by atoms with E-state index in [9.17, 15) is 22.4 Å². The number of hydrogen-bond acceptors (Lipinski definition) is 2. The number of hydrogen-bond donors (Lipinski definition) is 1. The molecule has 1 amide bonds. The second kappa shape index (κ2) is 7.29. The first-order chi connectivity index (χ1) is 12.4. The first kappa shape index (κ1) is 18.1. The molecular formula is C19H13F4NOS. The molecule has 0 aliphatic heterocycles. The van der Waals surface area contributed by atoms with Gasteiger partial charge in [-0.05, 0) is 41.3 Å². The molecule has 0 saturated carbocycles. The molecule has 2 nitrogen and oxygen atoms in total. The zero-order valence-electron chi connectivity index (χ0n) is 13.3. The summed E-state index contributed by atoms with van der Waals surface area (Å²) in [5, 5.41) is 4.43. The Hall–Kier alpha value is -2.67. The van der Waals surface area contributed by atoms with E-state index in [1.807, 2.05) is 0 Å². The van der Waals surface area contributed by atoms with Gasteiger partial charge in [-0.25, -0.2) is 4.39 Å². The minimum absolute atomic E-state index is 0.438. The highest BCUT2D eigenvalue weighted by Crippen LogP contribution is 2.33. The maximum atomic E-state index is 13.2. The van der Waals surface area contributed by atoms with E-state index in [1.54, 1.807) is 17.5 Å². The van der Waals surface area contributed by atoms with Crippen molar-refractivity contribution in [2.45, 2.75) is 12.2 Å². The van der Waals surface area contributed by atoms with Gasteiger partial charge in [0.1, 0.15) is 5.82 Å². The molecule has 1 N–H and O–H groups in total. The molecule has 0 unspecified atom stereocenters. The van der Waals surface area contributed by atoms with Crippen molar-refractivity contribution in [1.29, 1.82) is 0 Å². The Morgan fingerprint density at radius 1 is 0.962 bits per heavy atom. The number of alkyl halides is 3. The third-order valence-corrected chi connectivity index (χ3v) is 4.72. The molecule has 1 heterocycles. The summed E-state index contributed by atoms with van der Waals surface area (Å²) in [6.07, 6.45) is -4.64. The van der Waals surface area contributed by atoms with E-state index in [2.05, 4.69) is 5.32 Å². The van der Waals surface area contributed by atoms with Crippen LogP contribution in [0.3, 0.4) is 0 Å². The molecule has 3 aromatic rings. The molecular weight excluding hydrogens is 366 g/mol. The van der Waals surface area contributed by atoms with Crippen LogP contribution in [0.15, 0.2) is 66.0 Å². The van der Waals surface area contributed by atoms with Gasteiger partial charge in [-0.1, -0.05) is 30.3 Å². The molecule has 2 aromatic carbocycles. The Bertz CT molecular complexity index is 889. The Morgan fingerprint density at radius 2 is 1.65 bits per heavy atom. The molecule has 3 rings (SSSR count). The number of rotatable bonds is 4. The summed E-state index contributed by atoms with van der Waals surface area (Å²) in [4.78, 5) is 13.3. The van der Waals surface area contributed by atoms with Crippen molar-refractivity contribution in [3.05, 3.63) is 93.4 Å². The van der Waals surface area contributed by atoms with Crippen molar-refractivity contribution in [1.82, 2.24) is 5.32 Å². The summed E-state index contributed by atoms with van der Waals surface area (Å²) in [6.45, 7) is 0. The number of amides is 1. The van der Waals surface area contributed by atoms with Crippen LogP contribution < -0.4 is 5.32 Å². The van der Waals surface area contributed by atoms with Gasteiger partial charge in [-0.15, -0.1) is 11.3 Å². The maximum Gasteiger partial charge on any atom is 0.417 e. The van der Waals surface area contributed by atoms with Gasteiger partial charge in [0.25, 0.3) is 5.91 Å². The zero-order valence-corrected chi connectivity index (χ0v) is 14.1. The maximum absolute atomic E-state index is 13.2. The molecule has 0 aliphatic rings. The topological polar surface area (TPSA) is 29.1 Å². The number of carbonyl (C=O) groups excluding carboxylic acids is 1. The Balaban J connectivity index is 1.96. The van der Waals surface area contributed by atoms with Crippen molar-refractivity contribution in [2.24, 2.45) is 0 Å². The third-order valence-electron chi connectivity index (χ3n) is 3.78. The molecule has 0 aliphatic carbocycles. The van der Waals surface area contributed by atoms with E-state index < -0.39 is 35.1 Å². The molecule has 0 spiro atoms. The lowest BCUT2D eigenvalue weighted by atomic mass is 10.0. The minimum atomic E-state index is -4.64. The fourth-order valence-corrected chi connectivity index (χ4v) is 3.37. The van der Waals surface area contributed by atoms with Gasteiger partial charge in [0.05, 0.1) is 17.2 Å². The molecule has 1 atom stereocenters. The normalized spacial score (nSPS) is 12.6. The Morgan fingerprint density at radius 3 is 2.27 bits per heavy atom. The van der Waals surface area contributed by atoms with E-state index in [0.29, 0.717) is 5.56 Å². The van der Waals surface area contributed by atoms with Gasteiger partial charge in [0, 0.05) is 4.88 Å². The molecule has 134 valence electrons. The van der Waals surface area contributed by atoms with Gasteiger partial charge in [0.2, 0.25) is 0 Å². The monoisotopic (exact) mass is 379 g/mol. The number of benzene rings is 2. The SMILES string of the molecule is O=C(N[C@H](c1ccc(F)cc1)c1cccs1)c1ccccc1C(F)(F)F. The third kappa shape index (κ3) is 3.94. The average Bonchev–Trinajstić information content (AvgIpc) is 3.14. The van der Waals surface area contributed by atoms with Crippen LogP contribution >= 0.6 is 11.3 Å². The first-order valence-corrected chi connectivity index (χ1v) is 8.50. The van der Waals surface area contributed by atoms with E-state index in [1.165, 1.54) is 47.7 Å². The highest BCUT2D eigenvalue weighted by molar-refractivity contribution is 7.10. The van der Waals surface area contributed by atoms with Crippen LogP contribution in [0, 0.1) is 5.82 Å². The van der Waals surface area contributed by atoms with E-state index >= 15 is 0 Å². The quantitative estimate of drug-likeness (QED) is 0.602. The van der Waals surface area contributed by atoms with Crippen LogP contribution in [0.1, 0.15) is 32.4 Å². The molecule has 1 aromatic heterocycles. The van der Waals surface area contributed by atoms with Crippen LogP contribution in [-0.2, 0) is 6.18 Å². The molecule has 0 saturated heterocycles.